The van der Waals surface area contributed by atoms with Crippen LogP contribution in [0, 0.1) is 11.3 Å². The summed E-state index contributed by atoms with van der Waals surface area (Å²) in [5, 5.41) is 30.2. The molecule has 1 aliphatic rings. The number of aliphatic carboxylic acids is 1. The molecule has 1 amide bonds. The number of hydrogen-bond donors (Lipinski definition) is 3. The zero-order chi connectivity index (χ0) is 20.3. The van der Waals surface area contributed by atoms with E-state index >= 15 is 0 Å². The molecule has 0 atom stereocenters. The summed E-state index contributed by atoms with van der Waals surface area (Å²) >= 11 is 0. The minimum atomic E-state index is -1.27. The van der Waals surface area contributed by atoms with E-state index in [2.05, 4.69) is 5.32 Å². The summed E-state index contributed by atoms with van der Waals surface area (Å²) in [5.41, 5.74) is 0.856. The zero-order valence-electron chi connectivity index (χ0n) is 14.8. The maximum absolute atomic E-state index is 13.0. The van der Waals surface area contributed by atoms with Gasteiger partial charge in [0, 0.05) is 12.0 Å². The van der Waals surface area contributed by atoms with Gasteiger partial charge in [0.2, 0.25) is 0 Å². The van der Waals surface area contributed by atoms with Gasteiger partial charge in [-0.2, -0.15) is 5.26 Å². The van der Waals surface area contributed by atoms with Crippen molar-refractivity contribution in [3.63, 3.8) is 0 Å². The number of rotatable bonds is 5. The third-order valence-electron chi connectivity index (χ3n) is 4.44. The standard InChI is InChI=1S/C19H17N3O6/c20-7-11-1-3-12(4-2-11)9-22-14-10-28-6-5-13(14)17(25)16(19(22)27)18(26)21-8-15(23)24/h1-4,25H,5-6,8-10H2,(H,21,26)(H,23,24). The Morgan fingerprint density at radius 2 is 2.00 bits per heavy atom. The van der Waals surface area contributed by atoms with Gasteiger partial charge in [-0.05, 0) is 17.7 Å². The fourth-order valence-corrected chi connectivity index (χ4v) is 3.06. The molecule has 1 aromatic heterocycles. The third-order valence-corrected chi connectivity index (χ3v) is 4.44. The number of ether oxygens (including phenoxy) is 1. The molecule has 0 saturated heterocycles. The SMILES string of the molecule is N#Cc1ccc(Cn2c3c(c(O)c(C(=O)NCC(=O)O)c2=O)CCOC3)cc1. The molecule has 0 bridgehead atoms. The van der Waals surface area contributed by atoms with Crippen LogP contribution in [-0.2, 0) is 29.1 Å². The second kappa shape index (κ2) is 7.94. The number of carboxylic acid groups (broad SMARTS) is 1. The fraction of sp³-hybridized carbons (Fsp3) is 0.263. The number of carbonyl (C=O) groups excluding carboxylic acids is 1. The van der Waals surface area contributed by atoms with E-state index < -0.39 is 35.3 Å². The van der Waals surface area contributed by atoms with Crippen LogP contribution in [0.2, 0.25) is 0 Å². The summed E-state index contributed by atoms with van der Waals surface area (Å²) in [5.74, 6) is -2.66. The quantitative estimate of drug-likeness (QED) is 0.677. The van der Waals surface area contributed by atoms with Gasteiger partial charge in [0.25, 0.3) is 11.5 Å². The lowest BCUT2D eigenvalue weighted by Gasteiger charge is -2.24. The second-order valence-corrected chi connectivity index (χ2v) is 6.23. The van der Waals surface area contributed by atoms with Crippen molar-refractivity contribution >= 4 is 11.9 Å². The van der Waals surface area contributed by atoms with Crippen molar-refractivity contribution in [3.05, 3.63) is 62.6 Å². The van der Waals surface area contributed by atoms with Gasteiger partial charge in [0.15, 0.2) is 0 Å². The Hall–Kier alpha value is -3.64. The molecule has 3 N–H and O–H groups in total. The summed E-state index contributed by atoms with van der Waals surface area (Å²) < 4.78 is 6.75. The van der Waals surface area contributed by atoms with E-state index in [1.165, 1.54) is 4.57 Å². The number of carboxylic acids is 1. The van der Waals surface area contributed by atoms with E-state index in [0.717, 1.165) is 5.56 Å². The van der Waals surface area contributed by atoms with Crippen LogP contribution < -0.4 is 10.9 Å². The highest BCUT2D eigenvalue weighted by atomic mass is 16.5. The summed E-state index contributed by atoms with van der Waals surface area (Å²) in [7, 11) is 0. The first-order valence-electron chi connectivity index (χ1n) is 8.46. The number of fused-ring (bicyclic) bond motifs is 1. The summed E-state index contributed by atoms with van der Waals surface area (Å²) in [6.07, 6.45) is 0.314. The first-order chi connectivity index (χ1) is 13.4. The highest BCUT2D eigenvalue weighted by Gasteiger charge is 2.27. The van der Waals surface area contributed by atoms with Crippen molar-refractivity contribution in [3.8, 4) is 11.8 Å². The van der Waals surface area contributed by atoms with Crippen LogP contribution in [0.25, 0.3) is 0 Å². The molecule has 144 valence electrons. The highest BCUT2D eigenvalue weighted by Crippen LogP contribution is 2.28. The summed E-state index contributed by atoms with van der Waals surface area (Å²) in [4.78, 5) is 36.0. The number of aromatic hydroxyl groups is 1. The maximum atomic E-state index is 13.0. The molecule has 1 aromatic carbocycles. The van der Waals surface area contributed by atoms with Crippen LogP contribution in [0.4, 0.5) is 0 Å². The fourth-order valence-electron chi connectivity index (χ4n) is 3.06. The lowest BCUT2D eigenvalue weighted by molar-refractivity contribution is -0.135. The van der Waals surface area contributed by atoms with E-state index in [9.17, 15) is 19.5 Å². The average Bonchev–Trinajstić information content (AvgIpc) is 2.70. The number of carbonyl (C=O) groups is 2. The Kier molecular flexibility index (Phi) is 5.42. The Balaban J connectivity index is 2.08. The molecule has 2 heterocycles. The Morgan fingerprint density at radius 3 is 2.64 bits per heavy atom. The average molecular weight is 383 g/mol. The predicted octanol–water partition coefficient (Wildman–Crippen LogP) is 0.361. The zero-order valence-corrected chi connectivity index (χ0v) is 14.8. The normalized spacial score (nSPS) is 12.7. The number of nitriles is 1. The van der Waals surface area contributed by atoms with Crippen molar-refractivity contribution in [1.29, 1.82) is 5.26 Å². The van der Waals surface area contributed by atoms with Crippen LogP contribution >= 0.6 is 0 Å². The minimum Gasteiger partial charge on any atom is -0.507 e. The lowest BCUT2D eigenvalue weighted by Crippen LogP contribution is -2.38. The van der Waals surface area contributed by atoms with Gasteiger partial charge < -0.3 is 24.8 Å². The number of nitrogens with one attached hydrogen (secondary N) is 1. The highest BCUT2D eigenvalue weighted by molar-refractivity contribution is 5.98. The van der Waals surface area contributed by atoms with Crippen LogP contribution in [0.1, 0.15) is 32.7 Å². The lowest BCUT2D eigenvalue weighted by atomic mass is 10.0. The molecule has 0 spiro atoms. The van der Waals surface area contributed by atoms with Gasteiger partial charge in [-0.1, -0.05) is 12.1 Å². The summed E-state index contributed by atoms with van der Waals surface area (Å²) in [6, 6.07) is 8.63. The van der Waals surface area contributed by atoms with Gasteiger partial charge in [0.1, 0.15) is 17.9 Å². The Labute approximate surface area is 159 Å². The minimum absolute atomic E-state index is 0.103. The number of nitrogens with zero attached hydrogens (tertiary/aromatic N) is 2. The molecule has 0 radical (unpaired) electrons. The number of hydrogen-bond acceptors (Lipinski definition) is 6. The molecule has 0 aliphatic carbocycles. The van der Waals surface area contributed by atoms with E-state index in [0.29, 0.717) is 29.8 Å². The maximum Gasteiger partial charge on any atom is 0.322 e. The first kappa shape index (κ1) is 19.1. The molecule has 2 aromatic rings. The predicted molar refractivity (Wildman–Crippen MR) is 96.0 cm³/mol. The van der Waals surface area contributed by atoms with Gasteiger partial charge >= 0.3 is 5.97 Å². The van der Waals surface area contributed by atoms with Crippen molar-refractivity contribution in [2.75, 3.05) is 13.2 Å². The molecular formula is C19H17N3O6. The largest absolute Gasteiger partial charge is 0.507 e. The Morgan fingerprint density at radius 1 is 1.29 bits per heavy atom. The van der Waals surface area contributed by atoms with Crippen molar-refractivity contribution in [2.24, 2.45) is 0 Å². The van der Waals surface area contributed by atoms with Crippen LogP contribution in [-0.4, -0.2) is 39.8 Å². The van der Waals surface area contributed by atoms with E-state index in [1.807, 2.05) is 6.07 Å². The molecule has 1 aliphatic heterocycles. The molecule has 3 rings (SSSR count). The Bertz CT molecular complexity index is 1030. The molecule has 9 nitrogen and oxygen atoms in total. The molecule has 0 fully saturated rings. The molecule has 0 saturated carbocycles. The van der Waals surface area contributed by atoms with Gasteiger partial charge in [-0.3, -0.25) is 14.4 Å². The number of amides is 1. The van der Waals surface area contributed by atoms with E-state index in [-0.39, 0.29) is 13.2 Å². The van der Waals surface area contributed by atoms with Crippen molar-refractivity contribution in [2.45, 2.75) is 19.6 Å². The molecule has 9 heteroatoms. The van der Waals surface area contributed by atoms with Crippen molar-refractivity contribution < 1.29 is 24.5 Å². The monoisotopic (exact) mass is 383 g/mol. The van der Waals surface area contributed by atoms with Gasteiger partial charge in [-0.25, -0.2) is 0 Å². The molecule has 0 unspecified atom stereocenters. The molecular weight excluding hydrogens is 366 g/mol. The number of benzene rings is 1. The van der Waals surface area contributed by atoms with E-state index in [1.54, 1.807) is 24.3 Å². The van der Waals surface area contributed by atoms with Crippen LogP contribution in [0.5, 0.6) is 5.75 Å². The van der Waals surface area contributed by atoms with Gasteiger partial charge in [-0.15, -0.1) is 0 Å². The van der Waals surface area contributed by atoms with Crippen LogP contribution in [0.3, 0.4) is 0 Å². The number of pyridine rings is 1. The van der Waals surface area contributed by atoms with Crippen LogP contribution in [0.15, 0.2) is 29.1 Å². The van der Waals surface area contributed by atoms with Crippen molar-refractivity contribution in [1.82, 2.24) is 9.88 Å². The second-order valence-electron chi connectivity index (χ2n) is 6.23. The third kappa shape index (κ3) is 3.72. The summed E-state index contributed by atoms with van der Waals surface area (Å²) in [6.45, 7) is -0.138. The topological polar surface area (TPSA) is 142 Å². The first-order valence-corrected chi connectivity index (χ1v) is 8.46. The molecule has 28 heavy (non-hydrogen) atoms. The number of aromatic nitrogens is 1. The van der Waals surface area contributed by atoms with Gasteiger partial charge in [0.05, 0.1) is 37.1 Å². The van der Waals surface area contributed by atoms with E-state index in [4.69, 9.17) is 15.1 Å². The smallest absolute Gasteiger partial charge is 0.322 e.